The van der Waals surface area contributed by atoms with Gasteiger partial charge in [0.05, 0.1) is 40.4 Å². The van der Waals surface area contributed by atoms with Crippen LogP contribution in [0, 0.1) is 13.8 Å². The molecule has 4 aromatic carbocycles. The number of rotatable bonds is 4. The van der Waals surface area contributed by atoms with Gasteiger partial charge in [-0.25, -0.2) is 4.21 Å². The molecule has 0 saturated heterocycles. The Morgan fingerprint density at radius 3 is 1.49 bits per heavy atom. The topological polar surface area (TPSA) is 98.0 Å². The van der Waals surface area contributed by atoms with Gasteiger partial charge in [0, 0.05) is 20.1 Å². The number of phenolic OH excluding ortho intramolecular Hbond substituents is 4. The van der Waals surface area contributed by atoms with Crippen molar-refractivity contribution in [1.82, 2.24) is 0 Å². The van der Waals surface area contributed by atoms with E-state index in [1.54, 1.807) is 38.1 Å². The van der Waals surface area contributed by atoms with Crippen molar-refractivity contribution in [3.63, 3.8) is 0 Å². The highest BCUT2D eigenvalue weighted by Crippen LogP contribution is 2.45. The van der Waals surface area contributed by atoms with E-state index in [0.717, 1.165) is 11.8 Å². The predicted molar refractivity (Wildman–Crippen MR) is 161 cm³/mol. The molecule has 206 valence electrons. The van der Waals surface area contributed by atoms with E-state index in [4.69, 9.17) is 69.6 Å². The molecule has 0 aliphatic carbocycles. The maximum atomic E-state index is 12.5. The van der Waals surface area contributed by atoms with E-state index in [-0.39, 0.29) is 47.9 Å². The van der Waals surface area contributed by atoms with Gasteiger partial charge in [-0.15, -0.1) is 0 Å². The van der Waals surface area contributed by atoms with E-state index < -0.39 is 10.8 Å². The molecule has 39 heavy (non-hydrogen) atoms. The normalized spacial score (nSPS) is 11.6. The van der Waals surface area contributed by atoms with Crippen molar-refractivity contribution in [3.05, 3.63) is 89.8 Å². The van der Waals surface area contributed by atoms with E-state index >= 15 is 0 Å². The van der Waals surface area contributed by atoms with Crippen molar-refractivity contribution in [2.75, 3.05) is 0 Å². The first-order valence-electron chi connectivity index (χ1n) is 10.6. The molecule has 13 heteroatoms. The zero-order chi connectivity index (χ0) is 29.2. The first kappa shape index (κ1) is 31.8. The number of hydrogen-bond acceptors (Lipinski definition) is 6. The molecule has 0 aromatic heterocycles. The standard InChI is InChI=1S/C13H9Cl3O3S.C13H9Cl3O2S/c1-6-2-7(14)4-10(12(6)17)20(19)11-5-8(15)3-9(16)13(11)18;1-6-2-7(14)4-10(12(6)17)19-11-5-8(15)3-9(16)13(11)18/h2-5,17-18H,1H3;2-5,17-18H,1H3. The lowest BCUT2D eigenvalue weighted by Gasteiger charge is -2.10. The van der Waals surface area contributed by atoms with Crippen molar-refractivity contribution in [2.45, 2.75) is 33.4 Å². The van der Waals surface area contributed by atoms with Crippen molar-refractivity contribution in [3.8, 4) is 23.0 Å². The van der Waals surface area contributed by atoms with Gasteiger partial charge in [-0.1, -0.05) is 81.4 Å². The summed E-state index contributed by atoms with van der Waals surface area (Å²) in [5.74, 6) is -0.451. The predicted octanol–water partition coefficient (Wildman–Crippen LogP) is 10.1. The summed E-state index contributed by atoms with van der Waals surface area (Å²) >= 11 is 36.4. The molecule has 1 atom stereocenters. The van der Waals surface area contributed by atoms with E-state index in [2.05, 4.69) is 0 Å². The zero-order valence-electron chi connectivity index (χ0n) is 19.9. The summed E-state index contributed by atoms with van der Waals surface area (Å²) in [4.78, 5) is 1.08. The molecule has 0 saturated carbocycles. The second-order valence-electron chi connectivity index (χ2n) is 7.98. The highest BCUT2D eigenvalue weighted by Gasteiger charge is 2.20. The third-order valence-electron chi connectivity index (χ3n) is 5.07. The summed E-state index contributed by atoms with van der Waals surface area (Å²) < 4.78 is 12.5. The third-order valence-corrected chi connectivity index (χ3v) is 9.00. The van der Waals surface area contributed by atoms with Gasteiger partial charge in [-0.05, 0) is 73.5 Å². The number of benzene rings is 4. The summed E-state index contributed by atoms with van der Waals surface area (Å²) in [5, 5.41) is 41.4. The summed E-state index contributed by atoms with van der Waals surface area (Å²) in [5.41, 5.74) is 1.14. The first-order valence-corrected chi connectivity index (χ1v) is 14.9. The summed E-state index contributed by atoms with van der Waals surface area (Å²) in [6.07, 6.45) is 0. The molecule has 0 radical (unpaired) electrons. The molecule has 4 N–H and O–H groups in total. The molecule has 0 amide bonds. The lowest BCUT2D eigenvalue weighted by Crippen LogP contribution is -1.96. The van der Waals surface area contributed by atoms with Crippen LogP contribution in [0.5, 0.6) is 23.0 Å². The maximum absolute atomic E-state index is 12.5. The fourth-order valence-electron chi connectivity index (χ4n) is 3.17. The van der Waals surface area contributed by atoms with Gasteiger partial charge in [0.15, 0.2) is 5.75 Å². The fourth-order valence-corrected chi connectivity index (χ4v) is 7.47. The molecule has 0 bridgehead atoms. The third kappa shape index (κ3) is 7.75. The van der Waals surface area contributed by atoms with Crippen LogP contribution in [0.2, 0.25) is 30.1 Å². The molecule has 0 aliphatic heterocycles. The summed E-state index contributed by atoms with van der Waals surface area (Å²) in [6, 6.07) is 11.9. The number of hydrogen-bond donors (Lipinski definition) is 4. The lowest BCUT2D eigenvalue weighted by atomic mass is 10.2. The van der Waals surface area contributed by atoms with Crippen molar-refractivity contribution < 1.29 is 24.6 Å². The van der Waals surface area contributed by atoms with Crippen LogP contribution in [0.4, 0.5) is 0 Å². The number of halogens is 6. The Bertz CT molecular complexity index is 1480. The monoisotopic (exact) mass is 684 g/mol. The van der Waals surface area contributed by atoms with Gasteiger partial charge in [0.2, 0.25) is 0 Å². The minimum atomic E-state index is -1.86. The number of aromatic hydroxyl groups is 4. The van der Waals surface area contributed by atoms with Gasteiger partial charge < -0.3 is 20.4 Å². The average Bonchev–Trinajstić information content (AvgIpc) is 2.84. The Kier molecular flexibility index (Phi) is 10.9. The molecule has 1 unspecified atom stereocenters. The van der Waals surface area contributed by atoms with Crippen LogP contribution >= 0.6 is 81.4 Å². The van der Waals surface area contributed by atoms with Crippen LogP contribution in [0.1, 0.15) is 11.1 Å². The SMILES string of the molecule is Cc1cc(Cl)cc(S(=O)c2cc(Cl)cc(Cl)c2O)c1O.Cc1cc(Cl)cc(Sc2cc(Cl)cc(Cl)c2O)c1O. The highest BCUT2D eigenvalue weighted by atomic mass is 35.5. The molecule has 0 fully saturated rings. The van der Waals surface area contributed by atoms with Gasteiger partial charge in [-0.3, -0.25) is 0 Å². The van der Waals surface area contributed by atoms with Crippen molar-refractivity contribution in [2.24, 2.45) is 0 Å². The Morgan fingerprint density at radius 2 is 0.923 bits per heavy atom. The smallest absolute Gasteiger partial charge is 0.150 e. The minimum Gasteiger partial charge on any atom is -0.506 e. The van der Waals surface area contributed by atoms with Crippen molar-refractivity contribution in [1.29, 1.82) is 0 Å². The van der Waals surface area contributed by atoms with Crippen molar-refractivity contribution >= 4 is 92.2 Å². The second kappa shape index (κ2) is 13.3. The van der Waals surface area contributed by atoms with Crippen LogP contribution in [-0.4, -0.2) is 24.6 Å². The molecule has 5 nitrogen and oxygen atoms in total. The summed E-state index contributed by atoms with van der Waals surface area (Å²) in [6.45, 7) is 3.38. The second-order valence-corrected chi connectivity index (χ2v) is 13.0. The van der Waals surface area contributed by atoms with Crippen LogP contribution < -0.4 is 0 Å². The van der Waals surface area contributed by atoms with E-state index in [1.807, 2.05) is 0 Å². The Balaban J connectivity index is 0.000000216. The molecular weight excluding hydrogens is 669 g/mol. The molecule has 4 aromatic rings. The fraction of sp³-hybridized carbons (Fsp3) is 0.0769. The first-order chi connectivity index (χ1) is 18.2. The molecule has 4 rings (SSSR count). The molecular formula is C26H18Cl6O5S2. The minimum absolute atomic E-state index is 0.0134. The Labute approximate surface area is 261 Å². The van der Waals surface area contributed by atoms with E-state index in [9.17, 15) is 24.6 Å². The molecule has 0 aliphatic rings. The summed E-state index contributed by atoms with van der Waals surface area (Å²) in [7, 11) is -1.86. The van der Waals surface area contributed by atoms with Crippen LogP contribution in [-0.2, 0) is 10.8 Å². The van der Waals surface area contributed by atoms with Gasteiger partial charge in [0.25, 0.3) is 0 Å². The molecule has 0 heterocycles. The van der Waals surface area contributed by atoms with E-state index in [0.29, 0.717) is 36.0 Å². The highest BCUT2D eigenvalue weighted by molar-refractivity contribution is 7.99. The Morgan fingerprint density at radius 1 is 0.538 bits per heavy atom. The van der Waals surface area contributed by atoms with Gasteiger partial charge in [-0.2, -0.15) is 0 Å². The van der Waals surface area contributed by atoms with Crippen LogP contribution in [0.15, 0.2) is 68.1 Å². The zero-order valence-corrected chi connectivity index (χ0v) is 26.1. The van der Waals surface area contributed by atoms with Crippen LogP contribution in [0.3, 0.4) is 0 Å². The lowest BCUT2D eigenvalue weighted by molar-refractivity contribution is 0.454. The quantitative estimate of drug-likeness (QED) is 0.171. The van der Waals surface area contributed by atoms with Gasteiger partial charge in [0.1, 0.15) is 17.2 Å². The maximum Gasteiger partial charge on any atom is 0.150 e. The van der Waals surface area contributed by atoms with Gasteiger partial charge >= 0.3 is 0 Å². The Hall–Kier alpha value is -1.68. The number of aryl methyl sites for hydroxylation is 2. The van der Waals surface area contributed by atoms with E-state index in [1.165, 1.54) is 24.3 Å². The van der Waals surface area contributed by atoms with Crippen LogP contribution in [0.25, 0.3) is 0 Å². The largest absolute Gasteiger partial charge is 0.506 e. The molecule has 0 spiro atoms. The number of phenols is 4. The average molecular weight is 687 g/mol.